The molecule has 64 valence electrons. The van der Waals surface area contributed by atoms with Crippen LogP contribution in [0, 0.1) is 5.92 Å². The van der Waals surface area contributed by atoms with Crippen molar-refractivity contribution in [3.8, 4) is 0 Å². The van der Waals surface area contributed by atoms with Gasteiger partial charge in [-0.05, 0) is 25.2 Å². The van der Waals surface area contributed by atoms with E-state index < -0.39 is 3.79 Å². The number of rotatable bonds is 1. The van der Waals surface area contributed by atoms with Gasteiger partial charge in [0.05, 0.1) is 0 Å². The number of allylic oxidation sites excluding steroid dienone is 2. The molecule has 0 spiro atoms. The summed E-state index contributed by atoms with van der Waals surface area (Å²) in [6.07, 6.45) is 8.53. The van der Waals surface area contributed by atoms with Gasteiger partial charge in [-0.15, -0.1) is 0 Å². The number of hydrogen-bond donors (Lipinski definition) is 0. The number of hydrogen-bond acceptors (Lipinski definition) is 0. The van der Waals surface area contributed by atoms with Gasteiger partial charge < -0.3 is 0 Å². The number of halogens is 3. The fraction of sp³-hybridized carbons (Fsp3) is 0.750. The quantitative estimate of drug-likeness (QED) is 0.454. The Morgan fingerprint density at radius 3 is 2.55 bits per heavy atom. The molecule has 0 N–H and O–H groups in total. The van der Waals surface area contributed by atoms with E-state index in [0.717, 1.165) is 6.42 Å². The first kappa shape index (κ1) is 9.70. The zero-order valence-electron chi connectivity index (χ0n) is 6.19. The van der Waals surface area contributed by atoms with Crippen LogP contribution in [0.5, 0.6) is 0 Å². The van der Waals surface area contributed by atoms with E-state index in [2.05, 4.69) is 12.2 Å². The maximum atomic E-state index is 5.66. The minimum Gasteiger partial charge on any atom is -0.0883 e. The molecule has 0 fully saturated rings. The molecule has 1 unspecified atom stereocenters. The van der Waals surface area contributed by atoms with Gasteiger partial charge in [0.1, 0.15) is 0 Å². The van der Waals surface area contributed by atoms with Crippen LogP contribution >= 0.6 is 34.8 Å². The van der Waals surface area contributed by atoms with Gasteiger partial charge in [-0.25, -0.2) is 0 Å². The second kappa shape index (κ2) is 4.02. The second-order valence-corrected chi connectivity index (χ2v) is 5.45. The van der Waals surface area contributed by atoms with Crippen LogP contribution in [0.1, 0.15) is 25.7 Å². The highest BCUT2D eigenvalue weighted by molar-refractivity contribution is 6.67. The van der Waals surface area contributed by atoms with Crippen LogP contribution in [0.15, 0.2) is 12.2 Å². The predicted octanol–water partition coefficient (Wildman–Crippen LogP) is 4.10. The van der Waals surface area contributed by atoms with E-state index in [-0.39, 0.29) is 0 Å². The summed E-state index contributed by atoms with van der Waals surface area (Å²) in [5.74, 6) is 0.469. The van der Waals surface area contributed by atoms with Crippen molar-refractivity contribution in [1.29, 1.82) is 0 Å². The molecule has 0 aromatic rings. The Bertz CT molecular complexity index is 146. The first-order valence-corrected chi connectivity index (χ1v) is 4.95. The topological polar surface area (TPSA) is 0 Å². The molecule has 0 aromatic carbocycles. The first-order valence-electron chi connectivity index (χ1n) is 3.81. The van der Waals surface area contributed by atoms with Crippen molar-refractivity contribution in [2.75, 3.05) is 0 Å². The van der Waals surface area contributed by atoms with E-state index in [4.69, 9.17) is 34.8 Å². The van der Waals surface area contributed by atoms with Gasteiger partial charge in [-0.3, -0.25) is 0 Å². The van der Waals surface area contributed by atoms with Gasteiger partial charge in [-0.1, -0.05) is 47.0 Å². The Hall–Kier alpha value is 0.610. The molecule has 0 nitrogen and oxygen atoms in total. The molecule has 0 saturated heterocycles. The molecule has 0 radical (unpaired) electrons. The molecule has 11 heavy (non-hydrogen) atoms. The molecule has 0 aliphatic heterocycles. The molecule has 3 heteroatoms. The second-order valence-electron chi connectivity index (χ2n) is 2.94. The third kappa shape index (κ3) is 4.25. The summed E-state index contributed by atoms with van der Waals surface area (Å²) in [7, 11) is 0. The van der Waals surface area contributed by atoms with E-state index in [1.165, 1.54) is 12.8 Å². The average molecular weight is 214 g/mol. The monoisotopic (exact) mass is 212 g/mol. The van der Waals surface area contributed by atoms with Crippen LogP contribution in [0.4, 0.5) is 0 Å². The van der Waals surface area contributed by atoms with Crippen LogP contribution in [0.2, 0.25) is 0 Å². The third-order valence-corrected chi connectivity index (χ3v) is 2.31. The molecule has 0 heterocycles. The lowest BCUT2D eigenvalue weighted by Gasteiger charge is -2.20. The highest BCUT2D eigenvalue weighted by Gasteiger charge is 2.24. The van der Waals surface area contributed by atoms with Gasteiger partial charge in [-0.2, -0.15) is 0 Å². The average Bonchev–Trinajstić information content (AvgIpc) is 1.85. The molecule has 0 saturated carbocycles. The largest absolute Gasteiger partial charge is 0.191 e. The van der Waals surface area contributed by atoms with Crippen molar-refractivity contribution >= 4 is 34.8 Å². The summed E-state index contributed by atoms with van der Waals surface area (Å²) in [6, 6.07) is 0. The maximum absolute atomic E-state index is 5.66. The highest BCUT2D eigenvalue weighted by Crippen LogP contribution is 2.36. The Morgan fingerprint density at radius 1 is 1.36 bits per heavy atom. The summed E-state index contributed by atoms with van der Waals surface area (Å²) in [4.78, 5) is 0. The lowest BCUT2D eigenvalue weighted by molar-refractivity contribution is 0.511. The molecule has 1 atom stereocenters. The lowest BCUT2D eigenvalue weighted by Crippen LogP contribution is -2.11. The van der Waals surface area contributed by atoms with E-state index in [1.54, 1.807) is 0 Å². The smallest absolute Gasteiger partial charge is 0.0883 e. The normalized spacial score (nSPS) is 25.5. The standard InChI is InChI=1S/C8H11Cl3/c9-8(10,11)6-7-4-2-1-3-5-7/h2,4,7H,1,3,5-6H2. The summed E-state index contributed by atoms with van der Waals surface area (Å²) in [5, 5.41) is 0. The van der Waals surface area contributed by atoms with Gasteiger partial charge in [0, 0.05) is 6.42 Å². The van der Waals surface area contributed by atoms with Crippen molar-refractivity contribution in [3.63, 3.8) is 0 Å². The zero-order valence-corrected chi connectivity index (χ0v) is 8.46. The number of alkyl halides is 3. The van der Waals surface area contributed by atoms with Crippen molar-refractivity contribution in [2.45, 2.75) is 29.5 Å². The summed E-state index contributed by atoms with van der Waals surface area (Å²) in [5.41, 5.74) is 0. The molecule has 0 bridgehead atoms. The minimum atomic E-state index is -1.08. The van der Waals surface area contributed by atoms with E-state index in [1.807, 2.05) is 0 Å². The summed E-state index contributed by atoms with van der Waals surface area (Å²) in [6.45, 7) is 0. The Labute approximate surface area is 82.5 Å². The molecule has 1 aliphatic rings. The molecular weight excluding hydrogens is 202 g/mol. The van der Waals surface area contributed by atoms with Crippen molar-refractivity contribution in [2.24, 2.45) is 5.92 Å². The Morgan fingerprint density at radius 2 is 2.09 bits per heavy atom. The van der Waals surface area contributed by atoms with Crippen LogP contribution in [0.3, 0.4) is 0 Å². The fourth-order valence-electron chi connectivity index (χ4n) is 1.35. The molecular formula is C8H11Cl3. The lowest BCUT2D eigenvalue weighted by atomic mass is 9.94. The van der Waals surface area contributed by atoms with Gasteiger partial charge in [0.15, 0.2) is 3.79 Å². The van der Waals surface area contributed by atoms with Gasteiger partial charge >= 0.3 is 0 Å². The van der Waals surface area contributed by atoms with Crippen LogP contribution in [0.25, 0.3) is 0 Å². The van der Waals surface area contributed by atoms with E-state index in [0.29, 0.717) is 12.3 Å². The minimum absolute atomic E-state index is 0.469. The van der Waals surface area contributed by atoms with E-state index in [9.17, 15) is 0 Å². The summed E-state index contributed by atoms with van der Waals surface area (Å²) >= 11 is 17.0. The van der Waals surface area contributed by atoms with Crippen LogP contribution in [-0.4, -0.2) is 3.79 Å². The van der Waals surface area contributed by atoms with E-state index >= 15 is 0 Å². The Balaban J connectivity index is 2.36. The van der Waals surface area contributed by atoms with Crippen LogP contribution < -0.4 is 0 Å². The highest BCUT2D eigenvalue weighted by atomic mass is 35.6. The third-order valence-electron chi connectivity index (χ3n) is 1.85. The Kier molecular flexibility index (Phi) is 3.54. The first-order chi connectivity index (χ1) is 5.08. The predicted molar refractivity (Wildman–Crippen MR) is 51.4 cm³/mol. The van der Waals surface area contributed by atoms with Crippen molar-refractivity contribution in [3.05, 3.63) is 12.2 Å². The van der Waals surface area contributed by atoms with Gasteiger partial charge in [0.25, 0.3) is 0 Å². The summed E-state index contributed by atoms with van der Waals surface area (Å²) < 4.78 is -1.08. The molecule has 1 rings (SSSR count). The maximum Gasteiger partial charge on any atom is 0.191 e. The van der Waals surface area contributed by atoms with Crippen molar-refractivity contribution < 1.29 is 0 Å². The molecule has 1 aliphatic carbocycles. The molecule has 0 aromatic heterocycles. The van der Waals surface area contributed by atoms with Crippen molar-refractivity contribution in [1.82, 2.24) is 0 Å². The van der Waals surface area contributed by atoms with Crippen LogP contribution in [-0.2, 0) is 0 Å². The zero-order chi connectivity index (χ0) is 8.32. The van der Waals surface area contributed by atoms with Gasteiger partial charge in [0.2, 0.25) is 0 Å². The SMILES string of the molecule is ClC(Cl)(Cl)CC1C=CCCC1. The fourth-order valence-corrected chi connectivity index (χ4v) is 1.94. The molecule has 0 amide bonds.